The number of aliphatic hydroxyl groups is 1. The predicted octanol–water partition coefficient (Wildman–Crippen LogP) is 3.57. The molecule has 1 heterocycles. The van der Waals surface area contributed by atoms with Gasteiger partial charge >= 0.3 is 0 Å². The Labute approximate surface area is 127 Å². The van der Waals surface area contributed by atoms with Gasteiger partial charge in [-0.05, 0) is 32.8 Å². The van der Waals surface area contributed by atoms with Gasteiger partial charge in [0.2, 0.25) is 0 Å². The number of ether oxygens (including phenoxy) is 1. The number of hydrogen-bond donors (Lipinski definition) is 2. The van der Waals surface area contributed by atoms with E-state index in [2.05, 4.69) is 31.3 Å². The van der Waals surface area contributed by atoms with Gasteiger partial charge < -0.3 is 15.2 Å². The van der Waals surface area contributed by atoms with Crippen LogP contribution in [-0.2, 0) is 0 Å². The summed E-state index contributed by atoms with van der Waals surface area (Å²) in [4.78, 5) is 0. The molecule has 0 spiro atoms. The highest BCUT2D eigenvalue weighted by Crippen LogP contribution is 2.43. The first-order valence-electron chi connectivity index (χ1n) is 8.24. The molecule has 1 aromatic carbocycles. The van der Waals surface area contributed by atoms with Crippen molar-refractivity contribution in [2.45, 2.75) is 69.6 Å². The van der Waals surface area contributed by atoms with E-state index in [0.29, 0.717) is 6.54 Å². The molecule has 3 rings (SSSR count). The third kappa shape index (κ3) is 3.09. The fourth-order valence-electron chi connectivity index (χ4n) is 3.74. The molecule has 0 aromatic heterocycles. The van der Waals surface area contributed by atoms with E-state index in [9.17, 15) is 5.11 Å². The van der Waals surface area contributed by atoms with Crippen LogP contribution in [0, 0.1) is 0 Å². The van der Waals surface area contributed by atoms with Crippen molar-refractivity contribution in [2.75, 3.05) is 6.54 Å². The number of hydrogen-bond acceptors (Lipinski definition) is 3. The van der Waals surface area contributed by atoms with Gasteiger partial charge in [0.1, 0.15) is 11.4 Å². The molecule has 116 valence electrons. The van der Waals surface area contributed by atoms with Crippen molar-refractivity contribution in [1.29, 1.82) is 0 Å². The second-order valence-corrected chi connectivity index (χ2v) is 7.20. The van der Waals surface area contributed by atoms with E-state index >= 15 is 0 Å². The monoisotopic (exact) mass is 289 g/mol. The van der Waals surface area contributed by atoms with Crippen molar-refractivity contribution in [3.05, 3.63) is 29.8 Å². The van der Waals surface area contributed by atoms with Gasteiger partial charge in [-0.2, -0.15) is 0 Å². The molecule has 1 saturated carbocycles. The van der Waals surface area contributed by atoms with Gasteiger partial charge in [0.05, 0.1) is 11.6 Å². The minimum atomic E-state index is -0.551. The van der Waals surface area contributed by atoms with Crippen LogP contribution in [0.15, 0.2) is 24.3 Å². The number of fused-ring (bicyclic) bond motifs is 1. The van der Waals surface area contributed by atoms with Crippen LogP contribution in [0.1, 0.15) is 64.0 Å². The summed E-state index contributed by atoms with van der Waals surface area (Å²) in [6.45, 7) is 4.88. The predicted molar refractivity (Wildman–Crippen MR) is 84.5 cm³/mol. The van der Waals surface area contributed by atoms with Crippen LogP contribution in [0.2, 0.25) is 0 Å². The molecule has 0 radical (unpaired) electrons. The number of rotatable bonds is 3. The standard InChI is InChI=1S/C18H27NO2/c1-17(2)16(14-9-5-6-10-15(14)21-17)19-13-18(20)11-7-3-4-8-12-18/h5-6,9-10,16,19-20H,3-4,7-8,11-13H2,1-2H3. The highest BCUT2D eigenvalue weighted by molar-refractivity contribution is 5.42. The lowest BCUT2D eigenvalue weighted by Crippen LogP contribution is -2.46. The summed E-state index contributed by atoms with van der Waals surface area (Å²) < 4.78 is 6.06. The third-order valence-corrected chi connectivity index (χ3v) is 4.97. The molecule has 1 fully saturated rings. The highest BCUT2D eigenvalue weighted by atomic mass is 16.5. The highest BCUT2D eigenvalue weighted by Gasteiger charge is 2.42. The van der Waals surface area contributed by atoms with Gasteiger partial charge in [0, 0.05) is 12.1 Å². The van der Waals surface area contributed by atoms with Gasteiger partial charge in [-0.25, -0.2) is 0 Å². The molecule has 21 heavy (non-hydrogen) atoms. The van der Waals surface area contributed by atoms with Crippen LogP contribution < -0.4 is 10.1 Å². The normalized spacial score (nSPS) is 26.7. The maximum atomic E-state index is 10.8. The molecule has 0 saturated heterocycles. The van der Waals surface area contributed by atoms with E-state index < -0.39 is 5.60 Å². The van der Waals surface area contributed by atoms with Gasteiger partial charge in [0.25, 0.3) is 0 Å². The average Bonchev–Trinajstić information content (AvgIpc) is 2.57. The fourth-order valence-corrected chi connectivity index (χ4v) is 3.74. The first-order chi connectivity index (χ1) is 10.0. The zero-order valence-corrected chi connectivity index (χ0v) is 13.2. The number of para-hydroxylation sites is 1. The Morgan fingerprint density at radius 2 is 1.81 bits per heavy atom. The molecule has 1 aromatic rings. The van der Waals surface area contributed by atoms with Gasteiger partial charge in [-0.15, -0.1) is 0 Å². The molecular formula is C18H27NO2. The second-order valence-electron chi connectivity index (χ2n) is 7.20. The SMILES string of the molecule is CC1(C)Oc2ccccc2C1NCC1(O)CCCCCC1. The first kappa shape index (κ1) is 14.9. The molecule has 1 aliphatic heterocycles. The topological polar surface area (TPSA) is 41.5 Å². The lowest BCUT2D eigenvalue weighted by Gasteiger charge is -2.33. The summed E-state index contributed by atoms with van der Waals surface area (Å²) in [5.74, 6) is 0.966. The lowest BCUT2D eigenvalue weighted by atomic mass is 9.90. The van der Waals surface area contributed by atoms with Crippen LogP contribution in [0.3, 0.4) is 0 Å². The maximum absolute atomic E-state index is 10.8. The van der Waals surface area contributed by atoms with E-state index in [1.165, 1.54) is 18.4 Å². The van der Waals surface area contributed by atoms with Crippen LogP contribution >= 0.6 is 0 Å². The van der Waals surface area contributed by atoms with Crippen LogP contribution in [0.25, 0.3) is 0 Å². The van der Waals surface area contributed by atoms with Crippen LogP contribution in [-0.4, -0.2) is 22.9 Å². The Morgan fingerprint density at radius 3 is 2.52 bits per heavy atom. The summed E-state index contributed by atoms with van der Waals surface area (Å²) in [6, 6.07) is 8.35. The summed E-state index contributed by atoms with van der Waals surface area (Å²) >= 11 is 0. The number of benzene rings is 1. The van der Waals surface area contributed by atoms with Crippen molar-refractivity contribution >= 4 is 0 Å². The van der Waals surface area contributed by atoms with Crippen LogP contribution in [0.5, 0.6) is 5.75 Å². The van der Waals surface area contributed by atoms with Crippen molar-refractivity contribution in [1.82, 2.24) is 5.32 Å². The molecule has 2 aliphatic rings. The lowest BCUT2D eigenvalue weighted by molar-refractivity contribution is 0.0130. The van der Waals surface area contributed by atoms with E-state index in [4.69, 9.17) is 4.74 Å². The largest absolute Gasteiger partial charge is 0.486 e. The zero-order valence-electron chi connectivity index (χ0n) is 13.2. The zero-order chi connectivity index (χ0) is 14.9. The van der Waals surface area contributed by atoms with Gasteiger partial charge in [-0.1, -0.05) is 43.9 Å². The smallest absolute Gasteiger partial charge is 0.125 e. The molecule has 0 amide bonds. The molecule has 1 aliphatic carbocycles. The number of nitrogens with one attached hydrogen (secondary N) is 1. The second kappa shape index (κ2) is 5.62. The summed E-state index contributed by atoms with van der Waals surface area (Å²) in [7, 11) is 0. The Bertz CT molecular complexity index is 490. The van der Waals surface area contributed by atoms with E-state index in [1.807, 2.05) is 12.1 Å². The first-order valence-corrected chi connectivity index (χ1v) is 8.24. The van der Waals surface area contributed by atoms with Crippen molar-refractivity contribution in [3.63, 3.8) is 0 Å². The van der Waals surface area contributed by atoms with E-state index in [-0.39, 0.29) is 11.6 Å². The summed E-state index contributed by atoms with van der Waals surface area (Å²) in [5, 5.41) is 14.4. The van der Waals surface area contributed by atoms with Crippen molar-refractivity contribution in [2.24, 2.45) is 0 Å². The molecule has 3 nitrogen and oxygen atoms in total. The fraction of sp³-hybridized carbons (Fsp3) is 0.667. The molecule has 2 N–H and O–H groups in total. The van der Waals surface area contributed by atoms with Gasteiger partial charge in [-0.3, -0.25) is 0 Å². The summed E-state index contributed by atoms with van der Waals surface area (Å²) in [5.41, 5.74) is 0.384. The Hall–Kier alpha value is -1.06. The Morgan fingerprint density at radius 1 is 1.14 bits per heavy atom. The summed E-state index contributed by atoms with van der Waals surface area (Å²) in [6.07, 6.45) is 6.61. The molecule has 3 heteroatoms. The third-order valence-electron chi connectivity index (χ3n) is 4.97. The average molecular weight is 289 g/mol. The Kier molecular flexibility index (Phi) is 3.98. The van der Waals surface area contributed by atoms with Gasteiger partial charge in [0.15, 0.2) is 0 Å². The van der Waals surface area contributed by atoms with Crippen molar-refractivity contribution < 1.29 is 9.84 Å². The Balaban J connectivity index is 1.72. The molecular weight excluding hydrogens is 262 g/mol. The van der Waals surface area contributed by atoms with E-state index in [1.54, 1.807) is 0 Å². The minimum Gasteiger partial charge on any atom is -0.486 e. The van der Waals surface area contributed by atoms with Crippen LogP contribution in [0.4, 0.5) is 0 Å². The minimum absolute atomic E-state index is 0.140. The quantitative estimate of drug-likeness (QED) is 0.836. The molecule has 1 atom stereocenters. The maximum Gasteiger partial charge on any atom is 0.125 e. The molecule has 1 unspecified atom stereocenters. The van der Waals surface area contributed by atoms with Crippen molar-refractivity contribution in [3.8, 4) is 5.75 Å². The van der Waals surface area contributed by atoms with E-state index in [0.717, 1.165) is 31.4 Å². The molecule has 0 bridgehead atoms.